The van der Waals surface area contributed by atoms with E-state index >= 15 is 0 Å². The second kappa shape index (κ2) is 4.47. The predicted molar refractivity (Wildman–Crippen MR) is 61.8 cm³/mol. The number of piperidine rings is 1. The molecule has 100 valence electrons. The van der Waals surface area contributed by atoms with E-state index in [0.717, 1.165) is 0 Å². The molecule has 0 bridgehead atoms. The summed E-state index contributed by atoms with van der Waals surface area (Å²) in [5.41, 5.74) is -0.981. The van der Waals surface area contributed by atoms with Crippen LogP contribution in [-0.2, 0) is 9.53 Å². The topological polar surface area (TPSA) is 87.7 Å². The first-order chi connectivity index (χ1) is 8.43. The van der Waals surface area contributed by atoms with Crippen LogP contribution in [0.15, 0.2) is 0 Å². The number of amides is 4. The zero-order chi connectivity index (χ0) is 13.3. The minimum absolute atomic E-state index is 0.163. The monoisotopic (exact) mass is 255 g/mol. The first-order valence-electron chi connectivity index (χ1n) is 6.02. The third-order valence-corrected chi connectivity index (χ3v) is 3.10. The highest BCUT2D eigenvalue weighted by Gasteiger charge is 2.49. The van der Waals surface area contributed by atoms with Crippen molar-refractivity contribution in [1.29, 1.82) is 0 Å². The highest BCUT2D eigenvalue weighted by molar-refractivity contribution is 6.07. The van der Waals surface area contributed by atoms with E-state index in [2.05, 4.69) is 10.6 Å². The third kappa shape index (κ3) is 2.25. The smallest absolute Gasteiger partial charge is 0.410 e. The van der Waals surface area contributed by atoms with Crippen molar-refractivity contribution in [1.82, 2.24) is 15.5 Å². The van der Waals surface area contributed by atoms with Crippen LogP contribution in [0.2, 0.25) is 0 Å². The molecule has 0 aliphatic carbocycles. The number of imide groups is 1. The van der Waals surface area contributed by atoms with Crippen molar-refractivity contribution in [2.75, 3.05) is 13.1 Å². The summed E-state index contributed by atoms with van der Waals surface area (Å²) in [5.74, 6) is -0.366. The van der Waals surface area contributed by atoms with Crippen molar-refractivity contribution < 1.29 is 19.1 Å². The van der Waals surface area contributed by atoms with E-state index in [4.69, 9.17) is 4.74 Å². The van der Waals surface area contributed by atoms with Crippen LogP contribution >= 0.6 is 0 Å². The molecular weight excluding hydrogens is 238 g/mol. The van der Waals surface area contributed by atoms with Gasteiger partial charge in [0.05, 0.1) is 12.6 Å². The quantitative estimate of drug-likeness (QED) is 0.655. The van der Waals surface area contributed by atoms with Crippen LogP contribution in [0.4, 0.5) is 9.59 Å². The summed E-state index contributed by atoms with van der Waals surface area (Å²) in [7, 11) is 0. The summed E-state index contributed by atoms with van der Waals surface area (Å²) in [5, 5.41) is 4.82. The largest absolute Gasteiger partial charge is 0.447 e. The minimum Gasteiger partial charge on any atom is -0.447 e. The zero-order valence-corrected chi connectivity index (χ0v) is 10.5. The fourth-order valence-electron chi connectivity index (χ4n) is 2.30. The molecule has 2 saturated heterocycles. The number of rotatable bonds is 1. The summed E-state index contributed by atoms with van der Waals surface area (Å²) in [6.07, 6.45) is 0.539. The summed E-state index contributed by atoms with van der Waals surface area (Å²) < 4.78 is 5.10. The van der Waals surface area contributed by atoms with Crippen LogP contribution in [-0.4, -0.2) is 47.7 Å². The fraction of sp³-hybridized carbons (Fsp3) is 0.727. The van der Waals surface area contributed by atoms with Gasteiger partial charge in [0, 0.05) is 6.54 Å². The van der Waals surface area contributed by atoms with Gasteiger partial charge in [-0.2, -0.15) is 0 Å². The lowest BCUT2D eigenvalue weighted by molar-refractivity contribution is -0.125. The Morgan fingerprint density at radius 1 is 1.44 bits per heavy atom. The van der Waals surface area contributed by atoms with Gasteiger partial charge in [-0.25, -0.2) is 9.59 Å². The number of ether oxygens (including phenoxy) is 1. The SMILES string of the molecule is CC(C)OC(=O)N1CCCC2(C1)NC(=O)NC2=O. The standard InChI is InChI=1S/C11H17N3O4/c1-7(2)18-10(17)14-5-3-4-11(6-14)8(15)12-9(16)13-11/h7H,3-6H2,1-2H3,(H2,12,13,15,16). The predicted octanol–water partition coefficient (Wildman–Crippen LogP) is 0.205. The first kappa shape index (κ1) is 12.7. The van der Waals surface area contributed by atoms with E-state index in [-0.39, 0.29) is 18.6 Å². The van der Waals surface area contributed by atoms with Crippen LogP contribution in [0.25, 0.3) is 0 Å². The molecule has 0 aromatic rings. The van der Waals surface area contributed by atoms with Crippen molar-refractivity contribution in [3.63, 3.8) is 0 Å². The van der Waals surface area contributed by atoms with Gasteiger partial charge in [-0.05, 0) is 26.7 Å². The average Bonchev–Trinajstić information content (AvgIpc) is 2.52. The van der Waals surface area contributed by atoms with Gasteiger partial charge in [0.25, 0.3) is 5.91 Å². The van der Waals surface area contributed by atoms with Gasteiger partial charge in [0.2, 0.25) is 0 Å². The summed E-state index contributed by atoms with van der Waals surface area (Å²) in [6.45, 7) is 4.23. The number of hydrogen-bond donors (Lipinski definition) is 2. The molecule has 18 heavy (non-hydrogen) atoms. The number of carbonyl (C=O) groups excluding carboxylic acids is 3. The van der Waals surface area contributed by atoms with Gasteiger partial charge < -0.3 is 15.0 Å². The lowest BCUT2D eigenvalue weighted by Crippen LogP contribution is -2.59. The third-order valence-electron chi connectivity index (χ3n) is 3.10. The molecule has 1 atom stereocenters. The van der Waals surface area contributed by atoms with Gasteiger partial charge in [-0.3, -0.25) is 10.1 Å². The fourth-order valence-corrected chi connectivity index (χ4v) is 2.30. The maximum atomic E-state index is 11.8. The Morgan fingerprint density at radius 2 is 2.17 bits per heavy atom. The number of nitrogens with one attached hydrogen (secondary N) is 2. The lowest BCUT2D eigenvalue weighted by Gasteiger charge is -2.37. The Morgan fingerprint density at radius 3 is 2.72 bits per heavy atom. The van der Waals surface area contributed by atoms with E-state index in [1.54, 1.807) is 13.8 Å². The van der Waals surface area contributed by atoms with Crippen LogP contribution in [0, 0.1) is 0 Å². The van der Waals surface area contributed by atoms with Gasteiger partial charge in [0.15, 0.2) is 0 Å². The first-order valence-corrected chi connectivity index (χ1v) is 6.02. The Labute approximate surface area is 105 Å². The number of urea groups is 1. The maximum absolute atomic E-state index is 11.8. The molecule has 0 aromatic carbocycles. The molecular formula is C11H17N3O4. The van der Waals surface area contributed by atoms with Gasteiger partial charge in [-0.15, -0.1) is 0 Å². The number of likely N-dealkylation sites (tertiary alicyclic amines) is 1. The molecule has 0 radical (unpaired) electrons. The van der Waals surface area contributed by atoms with E-state index in [0.29, 0.717) is 19.4 Å². The molecule has 2 heterocycles. The molecule has 2 N–H and O–H groups in total. The second-order valence-corrected chi connectivity index (χ2v) is 4.95. The normalized spacial score (nSPS) is 27.4. The summed E-state index contributed by atoms with van der Waals surface area (Å²) in [6, 6.07) is -0.501. The van der Waals surface area contributed by atoms with E-state index in [1.165, 1.54) is 4.90 Å². The zero-order valence-electron chi connectivity index (χ0n) is 10.5. The highest BCUT2D eigenvalue weighted by atomic mass is 16.6. The Kier molecular flexibility index (Phi) is 3.14. The van der Waals surface area contributed by atoms with E-state index in [9.17, 15) is 14.4 Å². The van der Waals surface area contributed by atoms with E-state index < -0.39 is 17.7 Å². The van der Waals surface area contributed by atoms with Gasteiger partial charge >= 0.3 is 12.1 Å². The Bertz CT molecular complexity index is 396. The molecule has 1 unspecified atom stereocenters. The van der Waals surface area contributed by atoms with E-state index in [1.807, 2.05) is 0 Å². The van der Waals surface area contributed by atoms with Crippen LogP contribution in [0.5, 0.6) is 0 Å². The van der Waals surface area contributed by atoms with Crippen LogP contribution < -0.4 is 10.6 Å². The molecule has 2 aliphatic heterocycles. The highest BCUT2D eigenvalue weighted by Crippen LogP contribution is 2.24. The molecule has 2 aliphatic rings. The summed E-state index contributed by atoms with van der Waals surface area (Å²) in [4.78, 5) is 36.2. The Hall–Kier alpha value is -1.79. The molecule has 7 nitrogen and oxygen atoms in total. The molecule has 2 fully saturated rings. The number of nitrogens with zero attached hydrogens (tertiary/aromatic N) is 1. The van der Waals surface area contributed by atoms with Crippen LogP contribution in [0.1, 0.15) is 26.7 Å². The number of carbonyl (C=O) groups is 3. The molecule has 0 aromatic heterocycles. The molecule has 7 heteroatoms. The minimum atomic E-state index is -0.981. The van der Waals surface area contributed by atoms with Crippen LogP contribution in [0.3, 0.4) is 0 Å². The Balaban J connectivity index is 2.07. The van der Waals surface area contributed by atoms with Crippen molar-refractivity contribution in [3.8, 4) is 0 Å². The van der Waals surface area contributed by atoms with Gasteiger partial charge in [-0.1, -0.05) is 0 Å². The molecule has 4 amide bonds. The molecule has 2 rings (SSSR count). The molecule has 0 saturated carbocycles. The maximum Gasteiger partial charge on any atom is 0.410 e. The average molecular weight is 255 g/mol. The second-order valence-electron chi connectivity index (χ2n) is 4.95. The lowest BCUT2D eigenvalue weighted by atomic mass is 9.89. The van der Waals surface area contributed by atoms with Crippen molar-refractivity contribution in [3.05, 3.63) is 0 Å². The van der Waals surface area contributed by atoms with Crippen molar-refractivity contribution >= 4 is 18.0 Å². The number of hydrogen-bond acceptors (Lipinski definition) is 4. The summed E-state index contributed by atoms with van der Waals surface area (Å²) >= 11 is 0. The van der Waals surface area contributed by atoms with Crippen molar-refractivity contribution in [2.24, 2.45) is 0 Å². The molecule has 1 spiro atoms. The van der Waals surface area contributed by atoms with Crippen molar-refractivity contribution in [2.45, 2.75) is 38.3 Å². The van der Waals surface area contributed by atoms with Gasteiger partial charge in [0.1, 0.15) is 5.54 Å².